The number of rotatable bonds is 2. The first-order valence-corrected chi connectivity index (χ1v) is 7.25. The number of nitrogens with one attached hydrogen (secondary N) is 1. The summed E-state index contributed by atoms with van der Waals surface area (Å²) in [7, 11) is 0. The van der Waals surface area contributed by atoms with E-state index in [0.717, 1.165) is 32.9 Å². The van der Waals surface area contributed by atoms with Crippen LogP contribution in [0.3, 0.4) is 0 Å². The third-order valence-electron chi connectivity index (χ3n) is 2.90. The second-order valence-electron chi connectivity index (χ2n) is 3.99. The molecule has 3 nitrogen and oxygen atoms in total. The topological polar surface area (TPSA) is 45.8 Å². The van der Waals surface area contributed by atoms with E-state index in [9.17, 15) is 4.79 Å². The van der Waals surface area contributed by atoms with Crippen LogP contribution in [0.25, 0.3) is 22.0 Å². The van der Waals surface area contributed by atoms with Crippen LogP contribution in [0.2, 0.25) is 0 Å². The number of aromatic amines is 1. The predicted molar refractivity (Wildman–Crippen MR) is 86.0 cm³/mol. The molecule has 20 heavy (non-hydrogen) atoms. The molecule has 1 N–H and O–H groups in total. The normalized spacial score (nSPS) is 9.95. The van der Waals surface area contributed by atoms with Crippen LogP contribution in [0.15, 0.2) is 47.3 Å². The van der Waals surface area contributed by atoms with Gasteiger partial charge in [-0.25, -0.2) is 4.98 Å². The minimum atomic E-state index is 0.678. The molecular formula is C16H15BrN2O. The Labute approximate surface area is 126 Å². The summed E-state index contributed by atoms with van der Waals surface area (Å²) in [4.78, 5) is 18.2. The fourth-order valence-corrected chi connectivity index (χ4v) is 2.20. The van der Waals surface area contributed by atoms with E-state index in [4.69, 9.17) is 0 Å². The van der Waals surface area contributed by atoms with Crippen molar-refractivity contribution >= 4 is 33.1 Å². The van der Waals surface area contributed by atoms with Crippen LogP contribution < -0.4 is 0 Å². The maximum Gasteiger partial charge on any atom is 0.152 e. The second-order valence-corrected chi connectivity index (χ2v) is 4.80. The second kappa shape index (κ2) is 6.48. The van der Waals surface area contributed by atoms with Crippen molar-refractivity contribution in [3.05, 3.63) is 52.9 Å². The van der Waals surface area contributed by atoms with Crippen molar-refractivity contribution in [3.63, 3.8) is 0 Å². The number of aldehydes is 1. The van der Waals surface area contributed by atoms with E-state index in [0.29, 0.717) is 5.56 Å². The van der Waals surface area contributed by atoms with Gasteiger partial charge < -0.3 is 4.98 Å². The minimum absolute atomic E-state index is 0.678. The van der Waals surface area contributed by atoms with Crippen molar-refractivity contribution in [1.82, 2.24) is 9.97 Å². The fourth-order valence-electron chi connectivity index (χ4n) is 1.97. The summed E-state index contributed by atoms with van der Waals surface area (Å²) in [6, 6.07) is 9.88. The Kier molecular flexibility index (Phi) is 4.69. The lowest BCUT2D eigenvalue weighted by Gasteiger charge is -2.02. The van der Waals surface area contributed by atoms with Crippen LogP contribution in [-0.4, -0.2) is 16.3 Å². The summed E-state index contributed by atoms with van der Waals surface area (Å²) in [5.41, 5.74) is 3.71. The van der Waals surface area contributed by atoms with Crippen molar-refractivity contribution in [3.8, 4) is 11.1 Å². The van der Waals surface area contributed by atoms with Gasteiger partial charge >= 0.3 is 0 Å². The molecule has 1 aromatic carbocycles. The molecule has 0 fully saturated rings. The Bertz CT molecular complexity index is 717. The molecule has 0 spiro atoms. The number of H-pyrrole nitrogens is 1. The van der Waals surface area contributed by atoms with E-state index in [1.165, 1.54) is 0 Å². The van der Waals surface area contributed by atoms with Crippen LogP contribution in [-0.2, 0) is 0 Å². The molecule has 3 rings (SSSR count). The first kappa shape index (κ1) is 14.5. The van der Waals surface area contributed by atoms with Crippen molar-refractivity contribution in [1.29, 1.82) is 0 Å². The lowest BCUT2D eigenvalue weighted by atomic mass is 10.0. The van der Waals surface area contributed by atoms with Crippen molar-refractivity contribution < 1.29 is 4.79 Å². The van der Waals surface area contributed by atoms with Crippen molar-refractivity contribution in [2.24, 2.45) is 0 Å². The monoisotopic (exact) mass is 330 g/mol. The van der Waals surface area contributed by atoms with Gasteiger partial charge in [0.2, 0.25) is 0 Å². The summed E-state index contributed by atoms with van der Waals surface area (Å²) in [6.07, 6.45) is 4.39. The van der Waals surface area contributed by atoms with E-state index in [1.807, 2.05) is 44.2 Å². The van der Waals surface area contributed by atoms with Crippen LogP contribution in [0, 0.1) is 0 Å². The Hall–Kier alpha value is -1.94. The number of fused-ring (bicyclic) bond motifs is 1. The molecular weight excluding hydrogens is 316 g/mol. The summed E-state index contributed by atoms with van der Waals surface area (Å²) >= 11 is 3.31. The summed E-state index contributed by atoms with van der Waals surface area (Å²) in [5, 5.41) is 0.936. The third-order valence-corrected chi connectivity index (χ3v) is 3.37. The van der Waals surface area contributed by atoms with Crippen LogP contribution in [0.5, 0.6) is 0 Å². The Morgan fingerprint density at radius 1 is 1.15 bits per heavy atom. The molecule has 2 aromatic heterocycles. The zero-order valence-electron chi connectivity index (χ0n) is 11.4. The molecule has 102 valence electrons. The van der Waals surface area contributed by atoms with Gasteiger partial charge in [-0.15, -0.1) is 0 Å². The number of aromatic nitrogens is 2. The van der Waals surface area contributed by atoms with E-state index >= 15 is 0 Å². The van der Waals surface area contributed by atoms with Gasteiger partial charge in [0, 0.05) is 34.4 Å². The molecule has 0 aliphatic carbocycles. The van der Waals surface area contributed by atoms with E-state index in [1.54, 1.807) is 12.4 Å². The lowest BCUT2D eigenvalue weighted by Crippen LogP contribution is -1.82. The van der Waals surface area contributed by atoms with E-state index in [-0.39, 0.29) is 0 Å². The molecule has 0 saturated carbocycles. The number of benzene rings is 1. The zero-order valence-corrected chi connectivity index (χ0v) is 12.9. The number of carbonyl (C=O) groups is 1. The Morgan fingerprint density at radius 3 is 2.55 bits per heavy atom. The third kappa shape index (κ3) is 2.80. The zero-order chi connectivity index (χ0) is 14.5. The van der Waals surface area contributed by atoms with Gasteiger partial charge in [-0.1, -0.05) is 26.0 Å². The number of carbonyl (C=O) groups excluding carboxylic acids is 1. The Morgan fingerprint density at radius 2 is 1.90 bits per heavy atom. The molecule has 0 bridgehead atoms. The highest BCUT2D eigenvalue weighted by Gasteiger charge is 2.05. The highest BCUT2D eigenvalue weighted by Crippen LogP contribution is 2.25. The van der Waals surface area contributed by atoms with Gasteiger partial charge in [0.15, 0.2) is 6.29 Å². The van der Waals surface area contributed by atoms with Gasteiger partial charge in [-0.2, -0.15) is 0 Å². The fraction of sp³-hybridized carbons (Fsp3) is 0.125. The van der Waals surface area contributed by atoms with Gasteiger partial charge in [0.05, 0.1) is 0 Å². The smallest absolute Gasteiger partial charge is 0.152 e. The molecule has 3 aromatic rings. The SMILES string of the molecule is CC.O=Cc1c[nH]c2ccc(-c3ccc(Br)nc3)cc12. The van der Waals surface area contributed by atoms with Gasteiger partial charge in [-0.05, 0) is 39.7 Å². The predicted octanol–water partition coefficient (Wildman–Crippen LogP) is 4.83. The largest absolute Gasteiger partial charge is 0.360 e. The maximum absolute atomic E-state index is 10.9. The Balaban J connectivity index is 0.000000704. The highest BCUT2D eigenvalue weighted by molar-refractivity contribution is 9.10. The molecule has 0 aliphatic heterocycles. The van der Waals surface area contributed by atoms with Gasteiger partial charge in [0.25, 0.3) is 0 Å². The van der Waals surface area contributed by atoms with Crippen LogP contribution in [0.1, 0.15) is 24.2 Å². The molecule has 0 atom stereocenters. The first-order valence-electron chi connectivity index (χ1n) is 6.46. The first-order chi connectivity index (χ1) is 9.78. The standard InChI is InChI=1S/C14H9BrN2O.C2H6/c15-14-4-2-10(6-17-14)9-1-3-13-12(5-9)11(8-18)7-16-13;1-2/h1-8,16H;1-2H3. The summed E-state index contributed by atoms with van der Waals surface area (Å²) < 4.78 is 0.808. The molecule has 0 saturated heterocycles. The molecule has 0 radical (unpaired) electrons. The van der Waals surface area contributed by atoms with Crippen LogP contribution >= 0.6 is 15.9 Å². The number of hydrogen-bond acceptors (Lipinski definition) is 2. The van der Waals surface area contributed by atoms with Crippen molar-refractivity contribution in [2.45, 2.75) is 13.8 Å². The average molecular weight is 331 g/mol. The van der Waals surface area contributed by atoms with Gasteiger partial charge in [0.1, 0.15) is 4.60 Å². The van der Waals surface area contributed by atoms with E-state index < -0.39 is 0 Å². The average Bonchev–Trinajstić information content (AvgIpc) is 2.92. The quantitative estimate of drug-likeness (QED) is 0.540. The summed E-state index contributed by atoms with van der Waals surface area (Å²) in [6.45, 7) is 4.00. The molecule has 0 amide bonds. The highest BCUT2D eigenvalue weighted by atomic mass is 79.9. The molecule has 0 aliphatic rings. The van der Waals surface area contributed by atoms with Gasteiger partial charge in [-0.3, -0.25) is 4.79 Å². The maximum atomic E-state index is 10.9. The summed E-state index contributed by atoms with van der Waals surface area (Å²) in [5.74, 6) is 0. The number of hydrogen-bond donors (Lipinski definition) is 1. The number of pyridine rings is 1. The minimum Gasteiger partial charge on any atom is -0.360 e. The van der Waals surface area contributed by atoms with Crippen LogP contribution in [0.4, 0.5) is 0 Å². The molecule has 4 heteroatoms. The number of nitrogens with zero attached hydrogens (tertiary/aromatic N) is 1. The molecule has 2 heterocycles. The van der Waals surface area contributed by atoms with Crippen molar-refractivity contribution in [2.75, 3.05) is 0 Å². The number of halogens is 1. The molecule has 0 unspecified atom stereocenters. The van der Waals surface area contributed by atoms with E-state index in [2.05, 4.69) is 25.9 Å². The lowest BCUT2D eigenvalue weighted by molar-refractivity contribution is 0.112.